The van der Waals surface area contributed by atoms with Gasteiger partial charge < -0.3 is 9.84 Å². The van der Waals surface area contributed by atoms with Crippen LogP contribution in [0.5, 0.6) is 0 Å². The normalized spacial score (nSPS) is 24.3. The van der Waals surface area contributed by atoms with Crippen LogP contribution in [0.2, 0.25) is 0 Å². The maximum absolute atomic E-state index is 13.6. The first-order valence-corrected chi connectivity index (χ1v) is 13.1. The van der Waals surface area contributed by atoms with E-state index in [2.05, 4.69) is 45.0 Å². The fourth-order valence-electron chi connectivity index (χ4n) is 6.42. The number of hydrogen-bond donors (Lipinski definition) is 1. The lowest BCUT2D eigenvalue weighted by Crippen LogP contribution is -2.58. The third-order valence-corrected chi connectivity index (χ3v) is 8.58. The van der Waals surface area contributed by atoms with Crippen LogP contribution in [0.15, 0.2) is 48.5 Å². The third-order valence-electron chi connectivity index (χ3n) is 8.58. The molecule has 1 N–H and O–H groups in total. The van der Waals surface area contributed by atoms with Crippen molar-refractivity contribution < 1.29 is 19.4 Å². The number of amides is 1. The highest BCUT2D eigenvalue weighted by molar-refractivity contribution is 5.85. The van der Waals surface area contributed by atoms with Crippen molar-refractivity contribution in [2.75, 3.05) is 6.61 Å². The molecule has 2 atom stereocenters. The second-order valence-electron chi connectivity index (χ2n) is 11.7. The average Bonchev–Trinajstić information content (AvgIpc) is 3.63. The first-order valence-electron chi connectivity index (χ1n) is 13.1. The molecule has 186 valence electrons. The van der Waals surface area contributed by atoms with Crippen LogP contribution >= 0.6 is 0 Å². The molecule has 5 nitrogen and oxygen atoms in total. The minimum atomic E-state index is -1.18. The Labute approximate surface area is 208 Å². The van der Waals surface area contributed by atoms with Crippen LogP contribution in [-0.2, 0) is 9.53 Å². The molecule has 0 aliphatic heterocycles. The number of hydrogen-bond acceptors (Lipinski definition) is 3. The van der Waals surface area contributed by atoms with E-state index >= 15 is 0 Å². The van der Waals surface area contributed by atoms with Crippen LogP contribution in [0.3, 0.4) is 0 Å². The van der Waals surface area contributed by atoms with E-state index in [-0.39, 0.29) is 24.0 Å². The number of fused-ring (bicyclic) bond motifs is 3. The summed E-state index contributed by atoms with van der Waals surface area (Å²) in [6, 6.07) is 16.5. The van der Waals surface area contributed by atoms with Crippen molar-refractivity contribution in [1.82, 2.24) is 4.90 Å². The van der Waals surface area contributed by atoms with Gasteiger partial charge in [0, 0.05) is 12.0 Å². The van der Waals surface area contributed by atoms with E-state index in [1.165, 1.54) is 11.1 Å². The van der Waals surface area contributed by atoms with Gasteiger partial charge in [-0.2, -0.15) is 0 Å². The van der Waals surface area contributed by atoms with Crippen LogP contribution in [0.1, 0.15) is 82.8 Å². The zero-order chi connectivity index (χ0) is 24.8. The third kappa shape index (κ3) is 4.34. The zero-order valence-electron chi connectivity index (χ0n) is 21.1. The van der Waals surface area contributed by atoms with Gasteiger partial charge in [0.1, 0.15) is 12.1 Å². The van der Waals surface area contributed by atoms with Crippen molar-refractivity contribution in [1.29, 1.82) is 0 Å². The van der Waals surface area contributed by atoms with Gasteiger partial charge in [-0.1, -0.05) is 75.7 Å². The fraction of sp³-hybridized carbons (Fsp3) is 0.533. The molecule has 5 rings (SSSR count). The van der Waals surface area contributed by atoms with E-state index in [9.17, 15) is 14.7 Å². The highest BCUT2D eigenvalue weighted by Gasteiger charge is 2.54. The van der Waals surface area contributed by atoms with Gasteiger partial charge >= 0.3 is 12.1 Å². The SMILES string of the molecule is CC(C)(C)C1CCCC(C(=O)O)(N(C(=O)OCC2c3ccccc3-c3ccccc32)C2CC2)CC1. The highest BCUT2D eigenvalue weighted by atomic mass is 16.6. The predicted molar refractivity (Wildman–Crippen MR) is 136 cm³/mol. The van der Waals surface area contributed by atoms with E-state index < -0.39 is 17.6 Å². The van der Waals surface area contributed by atoms with E-state index in [0.717, 1.165) is 43.2 Å². The number of carbonyl (C=O) groups excluding carboxylic acids is 1. The molecule has 0 aromatic heterocycles. The predicted octanol–water partition coefficient (Wildman–Crippen LogP) is 6.85. The van der Waals surface area contributed by atoms with Crippen molar-refractivity contribution in [3.8, 4) is 11.1 Å². The maximum atomic E-state index is 13.6. The molecule has 2 saturated carbocycles. The van der Waals surface area contributed by atoms with E-state index in [4.69, 9.17) is 4.74 Å². The lowest BCUT2D eigenvalue weighted by molar-refractivity contribution is -0.152. The Morgan fingerprint density at radius 3 is 2.09 bits per heavy atom. The monoisotopic (exact) mass is 475 g/mol. The molecule has 3 aliphatic carbocycles. The summed E-state index contributed by atoms with van der Waals surface area (Å²) in [5.74, 6) is -0.465. The van der Waals surface area contributed by atoms with Crippen LogP contribution in [0.25, 0.3) is 11.1 Å². The van der Waals surface area contributed by atoms with Gasteiger partial charge in [-0.05, 0) is 72.1 Å². The van der Waals surface area contributed by atoms with Crippen molar-refractivity contribution in [2.45, 2.75) is 83.2 Å². The molecular formula is C30H37NO4. The summed E-state index contributed by atoms with van der Waals surface area (Å²) >= 11 is 0. The average molecular weight is 476 g/mol. The number of benzene rings is 2. The molecule has 2 aromatic rings. The Bertz CT molecular complexity index is 1070. The van der Waals surface area contributed by atoms with Gasteiger partial charge in [0.05, 0.1) is 0 Å². The Hall–Kier alpha value is -2.82. The summed E-state index contributed by atoms with van der Waals surface area (Å²) in [5, 5.41) is 10.5. The lowest BCUT2D eigenvalue weighted by atomic mass is 9.76. The number of carboxylic acid groups (broad SMARTS) is 1. The number of carbonyl (C=O) groups is 2. The Morgan fingerprint density at radius 2 is 1.54 bits per heavy atom. The molecule has 1 amide bonds. The maximum Gasteiger partial charge on any atom is 0.411 e. The molecule has 5 heteroatoms. The van der Waals surface area contributed by atoms with E-state index in [1.54, 1.807) is 4.90 Å². The summed E-state index contributed by atoms with van der Waals surface area (Å²) in [7, 11) is 0. The van der Waals surface area contributed by atoms with Crippen molar-refractivity contribution in [3.63, 3.8) is 0 Å². The van der Waals surface area contributed by atoms with Crippen molar-refractivity contribution in [3.05, 3.63) is 59.7 Å². The summed E-state index contributed by atoms with van der Waals surface area (Å²) in [4.78, 5) is 28.1. The molecular weight excluding hydrogens is 438 g/mol. The summed E-state index contributed by atoms with van der Waals surface area (Å²) < 4.78 is 5.99. The smallest absolute Gasteiger partial charge is 0.411 e. The van der Waals surface area contributed by atoms with Gasteiger partial charge in [0.25, 0.3) is 0 Å². The number of aliphatic carboxylic acids is 1. The Kier molecular flexibility index (Phi) is 6.14. The van der Waals surface area contributed by atoms with Crippen LogP contribution in [0.4, 0.5) is 4.79 Å². The van der Waals surface area contributed by atoms with Crippen LogP contribution < -0.4 is 0 Å². The summed E-state index contributed by atoms with van der Waals surface area (Å²) in [6.45, 7) is 6.91. The quantitative estimate of drug-likeness (QED) is 0.480. The standard InChI is InChI=1S/C30H37NO4/c1-29(2,3)20-9-8-17-30(18-16-20,27(32)33)31(21-14-15-21)28(34)35-19-26-24-12-6-4-10-22(24)23-11-5-7-13-25(23)26/h4-7,10-13,20-21,26H,8-9,14-19H2,1-3H3,(H,32,33). The zero-order valence-corrected chi connectivity index (χ0v) is 21.1. The van der Waals surface area contributed by atoms with Gasteiger partial charge in [0.15, 0.2) is 0 Å². The first-order chi connectivity index (χ1) is 16.7. The molecule has 35 heavy (non-hydrogen) atoms. The van der Waals surface area contributed by atoms with Crippen molar-refractivity contribution in [2.24, 2.45) is 11.3 Å². The van der Waals surface area contributed by atoms with E-state index in [0.29, 0.717) is 18.8 Å². The first kappa shape index (κ1) is 23.9. The van der Waals surface area contributed by atoms with Gasteiger partial charge in [-0.15, -0.1) is 0 Å². The minimum absolute atomic E-state index is 0.0343. The summed E-state index contributed by atoms with van der Waals surface area (Å²) in [5.41, 5.74) is 3.64. The number of rotatable bonds is 5. The number of carboxylic acids is 1. The topological polar surface area (TPSA) is 66.8 Å². The molecule has 0 heterocycles. The second kappa shape index (κ2) is 9.00. The Balaban J connectivity index is 1.38. The second-order valence-corrected chi connectivity index (χ2v) is 11.7. The fourth-order valence-corrected chi connectivity index (χ4v) is 6.42. The molecule has 2 aromatic carbocycles. The van der Waals surface area contributed by atoms with Crippen LogP contribution in [0, 0.1) is 11.3 Å². The lowest BCUT2D eigenvalue weighted by Gasteiger charge is -2.40. The molecule has 0 radical (unpaired) electrons. The van der Waals surface area contributed by atoms with Crippen LogP contribution in [-0.4, -0.2) is 40.3 Å². The number of nitrogens with zero attached hydrogens (tertiary/aromatic N) is 1. The molecule has 2 fully saturated rings. The van der Waals surface area contributed by atoms with Crippen molar-refractivity contribution >= 4 is 12.1 Å². The minimum Gasteiger partial charge on any atom is -0.479 e. The molecule has 0 spiro atoms. The molecule has 0 saturated heterocycles. The van der Waals surface area contributed by atoms with Gasteiger partial charge in [-0.3, -0.25) is 4.90 Å². The van der Waals surface area contributed by atoms with Gasteiger partial charge in [-0.25, -0.2) is 9.59 Å². The molecule has 0 bridgehead atoms. The number of ether oxygens (including phenoxy) is 1. The van der Waals surface area contributed by atoms with E-state index in [1.807, 2.05) is 24.3 Å². The largest absolute Gasteiger partial charge is 0.479 e. The Morgan fingerprint density at radius 1 is 0.943 bits per heavy atom. The molecule has 3 aliphatic rings. The molecule has 2 unspecified atom stereocenters. The highest BCUT2D eigenvalue weighted by Crippen LogP contribution is 2.47. The summed E-state index contributed by atoms with van der Waals surface area (Å²) in [6.07, 6.45) is 4.85. The van der Waals surface area contributed by atoms with Gasteiger partial charge in [0.2, 0.25) is 0 Å².